The predicted octanol–water partition coefficient (Wildman–Crippen LogP) is 2.18. The minimum atomic E-state index is -0.435. The molecule has 0 radical (unpaired) electrons. The number of carbonyl (C=O) groups excluding carboxylic acids is 1. The van der Waals surface area contributed by atoms with Gasteiger partial charge in [0.05, 0.1) is 6.04 Å². The van der Waals surface area contributed by atoms with Gasteiger partial charge in [-0.3, -0.25) is 9.59 Å². The molecule has 0 aliphatic carbocycles. The highest BCUT2D eigenvalue weighted by Gasteiger charge is 2.17. The molecule has 1 heterocycles. The Hall–Kier alpha value is -2.02. The Labute approximate surface area is 130 Å². The molecule has 2 aromatic rings. The van der Waals surface area contributed by atoms with Crippen LogP contribution in [0.4, 0.5) is 0 Å². The van der Waals surface area contributed by atoms with Crippen LogP contribution in [0.5, 0.6) is 0 Å². The summed E-state index contributed by atoms with van der Waals surface area (Å²) in [5.74, 6) is 0.182. The smallest absolute Gasteiger partial charge is 0.275 e. The van der Waals surface area contributed by atoms with E-state index in [2.05, 4.69) is 36.4 Å². The van der Waals surface area contributed by atoms with E-state index in [1.807, 2.05) is 31.2 Å². The van der Waals surface area contributed by atoms with Gasteiger partial charge in [-0.05, 0) is 18.6 Å². The summed E-state index contributed by atoms with van der Waals surface area (Å²) in [4.78, 5) is 26.0. The Morgan fingerprint density at radius 1 is 1.43 bits per heavy atom. The van der Waals surface area contributed by atoms with Crippen molar-refractivity contribution in [2.24, 2.45) is 0 Å². The van der Waals surface area contributed by atoms with Crippen LogP contribution < -0.4 is 10.9 Å². The van der Waals surface area contributed by atoms with Gasteiger partial charge in [0.15, 0.2) is 11.5 Å². The van der Waals surface area contributed by atoms with Crippen molar-refractivity contribution >= 4 is 21.8 Å². The molecule has 0 saturated carbocycles. The van der Waals surface area contributed by atoms with Gasteiger partial charge in [-0.15, -0.1) is 10.2 Å². The predicted molar refractivity (Wildman–Crippen MR) is 82.6 cm³/mol. The van der Waals surface area contributed by atoms with E-state index in [0.29, 0.717) is 12.2 Å². The molecular weight excluding hydrogens is 336 g/mol. The summed E-state index contributed by atoms with van der Waals surface area (Å²) in [6, 6.07) is 6.96. The minimum absolute atomic E-state index is 0.209. The Morgan fingerprint density at radius 2 is 2.19 bits per heavy atom. The van der Waals surface area contributed by atoms with Crippen LogP contribution in [0.25, 0.3) is 11.4 Å². The number of amides is 1. The Morgan fingerprint density at radius 3 is 2.76 bits per heavy atom. The molecule has 1 unspecified atom stereocenters. The number of aromatic amines is 1. The molecule has 1 aromatic heterocycles. The number of halogens is 1. The molecule has 1 amide bonds. The highest BCUT2D eigenvalue weighted by atomic mass is 79.9. The molecule has 0 saturated heterocycles. The molecular formula is C14H15BrN4O2. The van der Waals surface area contributed by atoms with Crippen molar-refractivity contribution in [2.45, 2.75) is 26.3 Å². The number of hydrogen-bond acceptors (Lipinski definition) is 4. The van der Waals surface area contributed by atoms with Gasteiger partial charge in [-0.1, -0.05) is 35.0 Å². The lowest BCUT2D eigenvalue weighted by Gasteiger charge is -2.13. The fourth-order valence-corrected chi connectivity index (χ4v) is 2.35. The zero-order valence-corrected chi connectivity index (χ0v) is 13.3. The topological polar surface area (TPSA) is 87.7 Å². The third-order valence-electron chi connectivity index (χ3n) is 2.94. The highest BCUT2D eigenvalue weighted by Crippen LogP contribution is 2.19. The highest BCUT2D eigenvalue weighted by molar-refractivity contribution is 9.10. The van der Waals surface area contributed by atoms with Gasteiger partial charge in [0.25, 0.3) is 5.56 Å². The standard InChI is InChI=1S/C14H15BrN4O2/c1-3-11(16-8(2)20)12-14(21)17-13(19-18-12)9-5-4-6-10(15)7-9/h4-7,11H,3H2,1-2H3,(H,16,20)(H,17,19,21). The second-order valence-electron chi connectivity index (χ2n) is 4.56. The number of aromatic nitrogens is 3. The van der Waals surface area contributed by atoms with Gasteiger partial charge < -0.3 is 10.3 Å². The Balaban J connectivity index is 2.37. The van der Waals surface area contributed by atoms with Crippen LogP contribution >= 0.6 is 15.9 Å². The molecule has 2 rings (SSSR count). The molecule has 0 aliphatic heterocycles. The SMILES string of the molecule is CCC(NC(C)=O)c1nnc(-c2cccc(Br)c2)[nH]c1=O. The maximum absolute atomic E-state index is 12.2. The molecule has 0 spiro atoms. The van der Waals surface area contributed by atoms with E-state index in [4.69, 9.17) is 0 Å². The summed E-state index contributed by atoms with van der Waals surface area (Å²) in [7, 11) is 0. The molecule has 110 valence electrons. The van der Waals surface area contributed by atoms with Gasteiger partial charge in [0, 0.05) is 17.0 Å². The first kappa shape index (κ1) is 15.4. The minimum Gasteiger partial charge on any atom is -0.348 e. The van der Waals surface area contributed by atoms with E-state index in [1.165, 1.54) is 6.92 Å². The molecule has 0 bridgehead atoms. The second kappa shape index (κ2) is 6.62. The summed E-state index contributed by atoms with van der Waals surface area (Å²) in [5.41, 5.74) is 0.625. The van der Waals surface area contributed by atoms with Crippen molar-refractivity contribution in [2.75, 3.05) is 0 Å². The molecule has 0 aliphatic rings. The Kier molecular flexibility index (Phi) is 4.85. The number of rotatable bonds is 4. The lowest BCUT2D eigenvalue weighted by atomic mass is 10.1. The first-order valence-corrected chi connectivity index (χ1v) is 7.30. The molecule has 2 N–H and O–H groups in total. The molecule has 21 heavy (non-hydrogen) atoms. The van der Waals surface area contributed by atoms with Gasteiger partial charge in [-0.25, -0.2) is 0 Å². The zero-order valence-electron chi connectivity index (χ0n) is 11.7. The third kappa shape index (κ3) is 3.75. The van der Waals surface area contributed by atoms with E-state index in [1.54, 1.807) is 0 Å². The Bertz CT molecular complexity index is 714. The van der Waals surface area contributed by atoms with E-state index in [9.17, 15) is 9.59 Å². The maximum Gasteiger partial charge on any atom is 0.275 e. The van der Waals surface area contributed by atoms with Crippen molar-refractivity contribution in [3.05, 3.63) is 44.8 Å². The molecule has 7 heteroatoms. The van der Waals surface area contributed by atoms with E-state index in [0.717, 1.165) is 10.0 Å². The van der Waals surface area contributed by atoms with Crippen molar-refractivity contribution in [1.82, 2.24) is 20.5 Å². The number of nitrogens with zero attached hydrogens (tertiary/aromatic N) is 2. The van der Waals surface area contributed by atoms with Crippen LogP contribution in [0.2, 0.25) is 0 Å². The number of H-pyrrole nitrogens is 1. The van der Waals surface area contributed by atoms with Gasteiger partial charge in [-0.2, -0.15) is 0 Å². The van der Waals surface area contributed by atoms with Crippen LogP contribution in [-0.2, 0) is 4.79 Å². The van der Waals surface area contributed by atoms with Crippen molar-refractivity contribution in [3.8, 4) is 11.4 Å². The largest absolute Gasteiger partial charge is 0.348 e. The van der Waals surface area contributed by atoms with Gasteiger partial charge in [0.1, 0.15) is 0 Å². The van der Waals surface area contributed by atoms with E-state index in [-0.39, 0.29) is 17.2 Å². The van der Waals surface area contributed by atoms with Crippen LogP contribution in [0, 0.1) is 0 Å². The van der Waals surface area contributed by atoms with E-state index < -0.39 is 6.04 Å². The number of carbonyl (C=O) groups is 1. The maximum atomic E-state index is 12.2. The van der Waals surface area contributed by atoms with Crippen LogP contribution in [-0.4, -0.2) is 21.1 Å². The van der Waals surface area contributed by atoms with Gasteiger partial charge >= 0.3 is 0 Å². The number of hydrogen-bond donors (Lipinski definition) is 2. The third-order valence-corrected chi connectivity index (χ3v) is 3.43. The van der Waals surface area contributed by atoms with E-state index >= 15 is 0 Å². The van der Waals surface area contributed by atoms with Crippen molar-refractivity contribution in [3.63, 3.8) is 0 Å². The summed E-state index contributed by atoms with van der Waals surface area (Å²) in [6.07, 6.45) is 0.563. The molecule has 0 fully saturated rings. The monoisotopic (exact) mass is 350 g/mol. The average molecular weight is 351 g/mol. The van der Waals surface area contributed by atoms with Crippen molar-refractivity contribution in [1.29, 1.82) is 0 Å². The molecule has 6 nitrogen and oxygen atoms in total. The summed E-state index contributed by atoms with van der Waals surface area (Å²) >= 11 is 3.37. The van der Waals surface area contributed by atoms with Crippen LogP contribution in [0.3, 0.4) is 0 Å². The number of benzene rings is 1. The number of nitrogens with one attached hydrogen (secondary N) is 2. The van der Waals surface area contributed by atoms with Crippen LogP contribution in [0.15, 0.2) is 33.5 Å². The molecule has 1 atom stereocenters. The summed E-state index contributed by atoms with van der Waals surface area (Å²) in [5, 5.41) is 10.7. The van der Waals surface area contributed by atoms with Gasteiger partial charge in [0.2, 0.25) is 5.91 Å². The zero-order chi connectivity index (χ0) is 15.4. The van der Waals surface area contributed by atoms with Crippen LogP contribution in [0.1, 0.15) is 32.0 Å². The summed E-state index contributed by atoms with van der Waals surface area (Å²) in [6.45, 7) is 3.27. The first-order valence-electron chi connectivity index (χ1n) is 6.51. The quantitative estimate of drug-likeness (QED) is 0.884. The fourth-order valence-electron chi connectivity index (χ4n) is 1.95. The van der Waals surface area contributed by atoms with Crippen molar-refractivity contribution < 1.29 is 4.79 Å². The summed E-state index contributed by atoms with van der Waals surface area (Å²) < 4.78 is 0.886. The first-order chi connectivity index (χ1) is 10.0. The fraction of sp³-hybridized carbons (Fsp3) is 0.286. The molecule has 1 aromatic carbocycles. The normalized spacial score (nSPS) is 12.0. The lowest BCUT2D eigenvalue weighted by molar-refractivity contribution is -0.119. The lowest BCUT2D eigenvalue weighted by Crippen LogP contribution is -2.32. The second-order valence-corrected chi connectivity index (χ2v) is 5.48. The average Bonchev–Trinajstić information content (AvgIpc) is 2.45.